The Labute approximate surface area is 162 Å². The van der Waals surface area contributed by atoms with Crippen molar-refractivity contribution in [1.29, 1.82) is 0 Å². The molecular weight excluding hydrogens is 395 g/mol. The number of rotatable bonds is 4. The Hall–Kier alpha value is -3.72. The number of furan rings is 1. The summed E-state index contributed by atoms with van der Waals surface area (Å²) in [6.45, 7) is 0. The van der Waals surface area contributed by atoms with E-state index in [1.165, 1.54) is 48.7 Å². The number of carbonyl (C=O) groups excluding carboxylic acids is 1. The lowest BCUT2D eigenvalue weighted by atomic mass is 10.2. The van der Waals surface area contributed by atoms with Crippen molar-refractivity contribution in [3.05, 3.63) is 93.1 Å². The number of non-ortho nitro benzene ring substituents is 1. The number of carboxylic acids is 1. The number of nitro benzene ring substituents is 1. The molecule has 28 heavy (non-hydrogen) atoms. The molecule has 144 valence electrons. The first kappa shape index (κ1) is 20.6. The summed E-state index contributed by atoms with van der Waals surface area (Å²) in [6, 6.07) is 12.0. The van der Waals surface area contributed by atoms with Crippen LogP contribution in [0.4, 0.5) is 15.8 Å². The molecule has 0 saturated carbocycles. The van der Waals surface area contributed by atoms with Gasteiger partial charge in [-0.25, -0.2) is 9.18 Å². The minimum Gasteiger partial charge on any atom is -0.475 e. The van der Waals surface area contributed by atoms with Gasteiger partial charge in [-0.15, -0.1) is 0 Å². The number of nitro groups is 1. The predicted octanol–water partition coefficient (Wildman–Crippen LogP) is 4.62. The zero-order valence-electron chi connectivity index (χ0n) is 14.0. The molecule has 1 aromatic heterocycles. The van der Waals surface area contributed by atoms with E-state index in [0.717, 1.165) is 12.1 Å². The molecule has 0 aliphatic rings. The van der Waals surface area contributed by atoms with Crippen molar-refractivity contribution in [1.82, 2.24) is 0 Å². The van der Waals surface area contributed by atoms with Gasteiger partial charge in [-0.2, -0.15) is 0 Å². The molecule has 0 spiro atoms. The van der Waals surface area contributed by atoms with Gasteiger partial charge in [0.05, 0.1) is 27.5 Å². The molecule has 0 unspecified atom stereocenters. The van der Waals surface area contributed by atoms with Gasteiger partial charge in [0.1, 0.15) is 5.82 Å². The fraction of sp³-hybridized carbons (Fsp3) is 0. The van der Waals surface area contributed by atoms with Gasteiger partial charge in [-0.3, -0.25) is 14.9 Å². The summed E-state index contributed by atoms with van der Waals surface area (Å²) in [5.41, 5.74) is -0.161. The second-order valence-corrected chi connectivity index (χ2v) is 5.54. The highest BCUT2D eigenvalue weighted by molar-refractivity contribution is 6.34. The van der Waals surface area contributed by atoms with E-state index in [-0.39, 0.29) is 27.7 Å². The van der Waals surface area contributed by atoms with Crippen LogP contribution >= 0.6 is 11.6 Å². The minimum absolute atomic E-state index is 0.00360. The Balaban J connectivity index is 0.000000292. The molecule has 0 radical (unpaired) electrons. The Morgan fingerprint density at radius 2 is 1.86 bits per heavy atom. The highest BCUT2D eigenvalue weighted by atomic mass is 35.5. The largest absolute Gasteiger partial charge is 0.475 e. The number of carboxylic acid groups (broad SMARTS) is 1. The molecule has 0 saturated heterocycles. The zero-order chi connectivity index (χ0) is 20.7. The Morgan fingerprint density at radius 1 is 1.14 bits per heavy atom. The second-order valence-electron chi connectivity index (χ2n) is 5.14. The van der Waals surface area contributed by atoms with Gasteiger partial charge in [-0.05, 0) is 30.3 Å². The topological polar surface area (TPSA) is 123 Å². The number of nitrogens with one attached hydrogen (secondary N) is 1. The molecular formula is C18H12ClFN2O6. The molecule has 2 N–H and O–H groups in total. The van der Waals surface area contributed by atoms with Crippen molar-refractivity contribution in [2.24, 2.45) is 0 Å². The summed E-state index contributed by atoms with van der Waals surface area (Å²) in [6.07, 6.45) is 1.32. The minimum atomic E-state index is -1.03. The van der Waals surface area contributed by atoms with Crippen molar-refractivity contribution in [2.45, 2.75) is 0 Å². The van der Waals surface area contributed by atoms with Crippen LogP contribution in [-0.2, 0) is 0 Å². The van der Waals surface area contributed by atoms with Crippen molar-refractivity contribution < 1.29 is 28.4 Å². The second kappa shape index (κ2) is 9.28. The van der Waals surface area contributed by atoms with Crippen LogP contribution in [0.2, 0.25) is 5.02 Å². The van der Waals surface area contributed by atoms with Crippen LogP contribution in [0.15, 0.2) is 65.3 Å². The summed E-state index contributed by atoms with van der Waals surface area (Å²) in [4.78, 5) is 31.8. The molecule has 3 aromatic rings. The maximum atomic E-state index is 13.4. The fourth-order valence-corrected chi connectivity index (χ4v) is 2.18. The van der Waals surface area contributed by atoms with Crippen molar-refractivity contribution >= 4 is 34.9 Å². The highest BCUT2D eigenvalue weighted by Gasteiger charge is 2.14. The maximum Gasteiger partial charge on any atom is 0.371 e. The third-order valence-corrected chi connectivity index (χ3v) is 3.57. The average molecular weight is 407 g/mol. The van der Waals surface area contributed by atoms with E-state index in [1.54, 1.807) is 0 Å². The number of hydrogen-bond donors (Lipinski definition) is 2. The van der Waals surface area contributed by atoms with Crippen molar-refractivity contribution in [3.63, 3.8) is 0 Å². The zero-order valence-corrected chi connectivity index (χ0v) is 14.7. The average Bonchev–Trinajstić information content (AvgIpc) is 3.19. The number of carbonyl (C=O) groups is 2. The number of benzene rings is 2. The summed E-state index contributed by atoms with van der Waals surface area (Å²) >= 11 is 5.83. The van der Waals surface area contributed by atoms with Gasteiger partial charge in [0.15, 0.2) is 0 Å². The fourth-order valence-electron chi connectivity index (χ4n) is 1.95. The lowest BCUT2D eigenvalue weighted by Crippen LogP contribution is -2.13. The van der Waals surface area contributed by atoms with E-state index in [9.17, 15) is 24.1 Å². The SMILES string of the molecule is O=C(Nc1ccc([N+](=O)[O-])cc1Cl)c1ccccc1F.O=C(O)c1ccco1. The number of nitrogens with zero attached hydrogens (tertiary/aromatic N) is 1. The van der Waals surface area contributed by atoms with Gasteiger partial charge in [0.2, 0.25) is 5.76 Å². The van der Waals surface area contributed by atoms with E-state index in [2.05, 4.69) is 9.73 Å². The van der Waals surface area contributed by atoms with E-state index >= 15 is 0 Å². The van der Waals surface area contributed by atoms with Crippen LogP contribution in [0.5, 0.6) is 0 Å². The normalized spacial score (nSPS) is 9.79. The molecule has 0 fully saturated rings. The molecule has 10 heteroatoms. The molecule has 0 aliphatic heterocycles. The Morgan fingerprint density at radius 3 is 2.36 bits per heavy atom. The van der Waals surface area contributed by atoms with E-state index in [0.29, 0.717) is 0 Å². The van der Waals surface area contributed by atoms with Crippen LogP contribution in [0.1, 0.15) is 20.9 Å². The van der Waals surface area contributed by atoms with E-state index < -0.39 is 22.6 Å². The molecule has 0 atom stereocenters. The lowest BCUT2D eigenvalue weighted by Gasteiger charge is -2.07. The lowest BCUT2D eigenvalue weighted by molar-refractivity contribution is -0.384. The molecule has 1 heterocycles. The number of anilines is 1. The van der Waals surface area contributed by atoms with Gasteiger partial charge in [0.25, 0.3) is 11.6 Å². The third-order valence-electron chi connectivity index (χ3n) is 3.26. The van der Waals surface area contributed by atoms with Gasteiger partial charge in [0, 0.05) is 12.1 Å². The summed E-state index contributed by atoms with van der Waals surface area (Å²) in [5.74, 6) is -2.40. The van der Waals surface area contributed by atoms with Crippen molar-refractivity contribution in [3.8, 4) is 0 Å². The maximum absolute atomic E-state index is 13.4. The Bertz CT molecular complexity index is 1010. The monoisotopic (exact) mass is 406 g/mol. The van der Waals surface area contributed by atoms with Gasteiger partial charge in [-0.1, -0.05) is 23.7 Å². The third kappa shape index (κ3) is 5.39. The number of hydrogen-bond acceptors (Lipinski definition) is 5. The molecule has 1 amide bonds. The molecule has 2 aromatic carbocycles. The summed E-state index contributed by atoms with van der Waals surface area (Å²) < 4.78 is 17.9. The molecule has 0 bridgehead atoms. The van der Waals surface area contributed by atoms with Crippen molar-refractivity contribution in [2.75, 3.05) is 5.32 Å². The molecule has 0 aliphatic carbocycles. The standard InChI is InChI=1S/C13H8ClFN2O3.C5H4O3/c14-10-7-8(17(19)20)5-6-12(10)16-13(18)9-3-1-2-4-11(9)15;6-5(7)4-2-1-3-8-4/h1-7H,(H,16,18);1-3H,(H,6,7). The first-order chi connectivity index (χ1) is 13.3. The summed E-state index contributed by atoms with van der Waals surface area (Å²) in [5, 5.41) is 21.1. The van der Waals surface area contributed by atoms with Crippen LogP contribution in [0.3, 0.4) is 0 Å². The smallest absolute Gasteiger partial charge is 0.371 e. The van der Waals surface area contributed by atoms with E-state index in [4.69, 9.17) is 16.7 Å². The molecule has 3 rings (SSSR count). The Kier molecular flexibility index (Phi) is 6.83. The highest BCUT2D eigenvalue weighted by Crippen LogP contribution is 2.27. The van der Waals surface area contributed by atoms with Crippen LogP contribution < -0.4 is 5.32 Å². The summed E-state index contributed by atoms with van der Waals surface area (Å²) in [7, 11) is 0. The van der Waals surface area contributed by atoms with Crippen LogP contribution in [0, 0.1) is 15.9 Å². The number of halogens is 2. The number of aromatic carboxylic acids is 1. The predicted molar refractivity (Wildman–Crippen MR) is 98.1 cm³/mol. The van der Waals surface area contributed by atoms with Crippen LogP contribution in [0.25, 0.3) is 0 Å². The molecule has 8 nitrogen and oxygen atoms in total. The van der Waals surface area contributed by atoms with Gasteiger partial charge >= 0.3 is 5.97 Å². The van der Waals surface area contributed by atoms with Crippen LogP contribution in [-0.4, -0.2) is 21.9 Å². The first-order valence-corrected chi connectivity index (χ1v) is 7.94. The number of amides is 1. The van der Waals surface area contributed by atoms with E-state index in [1.807, 2.05) is 0 Å². The van der Waals surface area contributed by atoms with Gasteiger partial charge < -0.3 is 14.8 Å². The first-order valence-electron chi connectivity index (χ1n) is 7.56. The quantitative estimate of drug-likeness (QED) is 0.481.